The molecular weight excluding hydrogens is 435 g/mol. The Labute approximate surface area is 189 Å². The first-order chi connectivity index (χ1) is 15.8. The van der Waals surface area contributed by atoms with Crippen molar-refractivity contribution in [3.63, 3.8) is 0 Å². The molecule has 3 aromatic rings. The third kappa shape index (κ3) is 5.00. The highest BCUT2D eigenvalue weighted by atomic mass is 19.4. The van der Waals surface area contributed by atoms with Crippen LogP contribution in [0.4, 0.5) is 13.2 Å². The maximum atomic E-state index is 13.9. The molecule has 2 aromatic carbocycles. The molecule has 8 heteroatoms. The highest BCUT2D eigenvalue weighted by molar-refractivity contribution is 5.83. The number of nitrogens with one attached hydrogen (secondary N) is 1. The largest absolute Gasteiger partial charge is 0.507 e. The smallest absolute Gasteiger partial charge is 0.453 e. The van der Waals surface area contributed by atoms with E-state index in [1.807, 2.05) is 6.92 Å². The van der Waals surface area contributed by atoms with Gasteiger partial charge < -0.3 is 19.2 Å². The molecule has 0 saturated carbocycles. The molecule has 2 N–H and O–H groups in total. The van der Waals surface area contributed by atoms with E-state index in [1.165, 1.54) is 24.3 Å². The molecule has 0 atom stereocenters. The minimum atomic E-state index is -4.95. The molecule has 2 heterocycles. The molecule has 5 nitrogen and oxygen atoms in total. The summed E-state index contributed by atoms with van der Waals surface area (Å²) in [5.41, 5.74) is 0.0407. The van der Waals surface area contributed by atoms with Gasteiger partial charge in [-0.2, -0.15) is 13.2 Å². The van der Waals surface area contributed by atoms with Crippen molar-refractivity contribution in [2.75, 3.05) is 13.1 Å². The van der Waals surface area contributed by atoms with E-state index in [1.54, 1.807) is 12.1 Å². The summed E-state index contributed by atoms with van der Waals surface area (Å²) < 4.78 is 52.6. The van der Waals surface area contributed by atoms with Gasteiger partial charge in [-0.25, -0.2) is 0 Å². The van der Waals surface area contributed by atoms with Crippen LogP contribution in [0.2, 0.25) is 0 Å². The van der Waals surface area contributed by atoms with Crippen molar-refractivity contribution in [2.45, 2.75) is 51.7 Å². The van der Waals surface area contributed by atoms with Gasteiger partial charge in [0.25, 0.3) is 5.76 Å². The number of benzene rings is 2. The van der Waals surface area contributed by atoms with Gasteiger partial charge in [-0.1, -0.05) is 19.1 Å². The number of hydrogen-bond acceptors (Lipinski definition) is 4. The zero-order chi connectivity index (χ0) is 23.6. The number of fused-ring (bicyclic) bond motifs is 1. The van der Waals surface area contributed by atoms with Gasteiger partial charge in [-0.05, 0) is 61.9 Å². The number of rotatable bonds is 5. The van der Waals surface area contributed by atoms with E-state index in [0.717, 1.165) is 55.7 Å². The average molecular weight is 462 g/mol. The van der Waals surface area contributed by atoms with E-state index >= 15 is 0 Å². The minimum Gasteiger partial charge on any atom is -0.507 e. The van der Waals surface area contributed by atoms with Gasteiger partial charge in [0, 0.05) is 0 Å². The first-order valence-corrected chi connectivity index (χ1v) is 11.3. The monoisotopic (exact) mass is 462 g/mol. The van der Waals surface area contributed by atoms with Crippen LogP contribution < -0.4 is 15.1 Å². The number of likely N-dealkylation sites (tertiary alicyclic amines) is 1. The maximum Gasteiger partial charge on any atom is 0.453 e. The Bertz CT molecular complexity index is 1180. The molecule has 0 unspecified atom stereocenters. The van der Waals surface area contributed by atoms with Crippen LogP contribution in [0.3, 0.4) is 0 Å². The van der Waals surface area contributed by atoms with Crippen LogP contribution in [0, 0.1) is 0 Å². The van der Waals surface area contributed by atoms with Gasteiger partial charge in [0.2, 0.25) is 11.2 Å². The van der Waals surface area contributed by atoms with Crippen molar-refractivity contribution in [3.05, 3.63) is 63.5 Å². The Morgan fingerprint density at radius 3 is 2.30 bits per heavy atom. The zero-order valence-electron chi connectivity index (χ0n) is 18.4. The molecule has 0 radical (unpaired) electrons. The van der Waals surface area contributed by atoms with Gasteiger partial charge in [0.1, 0.15) is 18.0 Å². The van der Waals surface area contributed by atoms with E-state index < -0.39 is 23.1 Å². The summed E-state index contributed by atoms with van der Waals surface area (Å²) in [5.74, 6) is -2.48. The minimum absolute atomic E-state index is 0.0507. The van der Waals surface area contributed by atoms with E-state index in [4.69, 9.17) is 9.15 Å². The lowest BCUT2D eigenvalue weighted by Gasteiger charge is -2.19. The molecule has 0 amide bonds. The predicted octanol–water partition coefficient (Wildman–Crippen LogP) is 4.83. The van der Waals surface area contributed by atoms with E-state index in [9.17, 15) is 23.1 Å². The number of phenolic OH excluding ortho intramolecular Hbond substituents is 1. The summed E-state index contributed by atoms with van der Waals surface area (Å²) in [7, 11) is 0. The molecule has 176 valence electrons. The second kappa shape index (κ2) is 9.47. The summed E-state index contributed by atoms with van der Waals surface area (Å²) in [6, 6.07) is 9.11. The molecular formula is C25H27F3NO4+. The van der Waals surface area contributed by atoms with Crippen molar-refractivity contribution in [1.82, 2.24) is 0 Å². The lowest BCUT2D eigenvalue weighted by Crippen LogP contribution is -3.10. The molecule has 1 saturated heterocycles. The van der Waals surface area contributed by atoms with Crippen LogP contribution in [-0.4, -0.2) is 18.2 Å². The first kappa shape index (κ1) is 23.2. The second-order valence-corrected chi connectivity index (χ2v) is 8.47. The summed E-state index contributed by atoms with van der Waals surface area (Å²) in [6.45, 7) is 3.93. The van der Waals surface area contributed by atoms with Gasteiger partial charge in [0.15, 0.2) is 5.58 Å². The van der Waals surface area contributed by atoms with E-state index in [2.05, 4.69) is 0 Å². The Balaban J connectivity index is 1.83. The molecule has 33 heavy (non-hydrogen) atoms. The quantitative estimate of drug-likeness (QED) is 0.570. The molecule has 1 aromatic heterocycles. The first-order valence-electron chi connectivity index (χ1n) is 11.3. The topological polar surface area (TPSA) is 64.1 Å². The molecule has 1 fully saturated rings. The third-order valence-electron chi connectivity index (χ3n) is 6.14. The molecule has 0 aliphatic carbocycles. The van der Waals surface area contributed by atoms with Crippen LogP contribution in [0.1, 0.15) is 49.5 Å². The Morgan fingerprint density at radius 1 is 1.03 bits per heavy atom. The van der Waals surface area contributed by atoms with Crippen molar-refractivity contribution in [2.24, 2.45) is 0 Å². The van der Waals surface area contributed by atoms with Crippen LogP contribution in [0.5, 0.6) is 17.2 Å². The SMILES string of the molecule is CCc1ccc(Oc2c(C(F)(F)F)oc3c(C[NH+]4CCCCCC4)c(O)ccc3c2=O)cc1. The number of hydrogen-bond donors (Lipinski definition) is 2. The fourth-order valence-electron chi connectivity index (χ4n) is 4.30. The second-order valence-electron chi connectivity index (χ2n) is 8.47. The number of aromatic hydroxyl groups is 1. The molecule has 1 aliphatic rings. The van der Waals surface area contributed by atoms with Crippen molar-refractivity contribution in [1.29, 1.82) is 0 Å². The number of aryl methyl sites for hydroxylation is 1. The molecule has 1 aliphatic heterocycles. The van der Waals surface area contributed by atoms with Crippen LogP contribution in [-0.2, 0) is 19.1 Å². The summed E-state index contributed by atoms with van der Waals surface area (Å²) in [5, 5.41) is 10.4. The zero-order valence-corrected chi connectivity index (χ0v) is 18.4. The van der Waals surface area contributed by atoms with Gasteiger partial charge in [0.05, 0.1) is 24.0 Å². The van der Waals surface area contributed by atoms with Crippen LogP contribution in [0.15, 0.2) is 45.6 Å². The summed E-state index contributed by atoms with van der Waals surface area (Å²) >= 11 is 0. The standard InChI is InChI=1S/C25H26F3NO4/c1-2-16-7-9-17(10-8-16)32-23-21(31)18-11-12-20(30)19(15-29-13-5-3-4-6-14-29)22(18)33-24(23)25(26,27)28/h7-12,30H,2-6,13-15H2,1H3/p+1. The predicted molar refractivity (Wildman–Crippen MR) is 118 cm³/mol. The Hall–Kier alpha value is -3.00. The fraction of sp³-hybridized carbons (Fsp3) is 0.400. The Morgan fingerprint density at radius 2 is 1.70 bits per heavy atom. The number of halogens is 3. The average Bonchev–Trinajstić information content (AvgIpc) is 3.06. The number of ether oxygens (including phenoxy) is 1. The summed E-state index contributed by atoms with van der Waals surface area (Å²) in [6.07, 6.45) is 0.0407. The van der Waals surface area contributed by atoms with Crippen LogP contribution in [0.25, 0.3) is 11.0 Å². The third-order valence-corrected chi connectivity index (χ3v) is 6.14. The highest BCUT2D eigenvalue weighted by Crippen LogP contribution is 2.39. The number of phenols is 1. The van der Waals surface area contributed by atoms with Crippen molar-refractivity contribution >= 4 is 11.0 Å². The lowest BCUT2D eigenvalue weighted by molar-refractivity contribution is -0.913. The van der Waals surface area contributed by atoms with Crippen molar-refractivity contribution < 1.29 is 32.3 Å². The molecule has 4 rings (SSSR count). The van der Waals surface area contributed by atoms with Crippen molar-refractivity contribution in [3.8, 4) is 17.2 Å². The van der Waals surface area contributed by atoms with Gasteiger partial charge in [-0.15, -0.1) is 0 Å². The highest BCUT2D eigenvalue weighted by Gasteiger charge is 2.41. The van der Waals surface area contributed by atoms with Gasteiger partial charge >= 0.3 is 6.18 Å². The molecule has 0 spiro atoms. The lowest BCUT2D eigenvalue weighted by atomic mass is 10.1. The van der Waals surface area contributed by atoms with E-state index in [-0.39, 0.29) is 34.6 Å². The fourth-order valence-corrected chi connectivity index (χ4v) is 4.30. The normalized spacial score (nSPS) is 15.5. The summed E-state index contributed by atoms with van der Waals surface area (Å²) in [4.78, 5) is 14.3. The number of alkyl halides is 3. The van der Waals surface area contributed by atoms with Crippen LogP contribution >= 0.6 is 0 Å². The molecule has 0 bridgehead atoms. The number of quaternary nitrogens is 1. The van der Waals surface area contributed by atoms with Gasteiger partial charge in [-0.3, -0.25) is 4.79 Å². The Kier molecular flexibility index (Phi) is 6.65. The van der Waals surface area contributed by atoms with E-state index in [0.29, 0.717) is 0 Å². The maximum absolute atomic E-state index is 13.9.